The molecule has 1 atom stereocenters. The van der Waals surface area contributed by atoms with Crippen molar-refractivity contribution in [1.82, 2.24) is 5.32 Å². The van der Waals surface area contributed by atoms with Crippen LogP contribution >= 0.6 is 27.7 Å². The molecular weight excluding hydrogens is 328 g/mol. The molecule has 1 aromatic rings. The third kappa shape index (κ3) is 5.42. The van der Waals surface area contributed by atoms with Crippen LogP contribution in [0.25, 0.3) is 0 Å². The average Bonchev–Trinajstić information content (AvgIpc) is 2.35. The van der Waals surface area contributed by atoms with Crippen LogP contribution in [0.3, 0.4) is 0 Å². The summed E-state index contributed by atoms with van der Waals surface area (Å²) in [6.07, 6.45) is 2.54. The highest BCUT2D eigenvalue weighted by Crippen LogP contribution is 2.23. The lowest BCUT2D eigenvalue weighted by atomic mass is 10.2. The number of urea groups is 1. The molecule has 0 saturated carbocycles. The van der Waals surface area contributed by atoms with Crippen molar-refractivity contribution in [1.29, 1.82) is 0 Å². The Morgan fingerprint density at radius 1 is 1.53 bits per heavy atom. The predicted octanol–water partition coefficient (Wildman–Crippen LogP) is 2.99. The third-order valence-corrected chi connectivity index (χ3v) is 4.29. The molecule has 0 aromatic heterocycles. The second-order valence-electron chi connectivity index (χ2n) is 4.18. The lowest BCUT2D eigenvalue weighted by molar-refractivity contribution is 0.241. The number of hydrogen-bond acceptors (Lipinski definition) is 3. The number of hydrogen-bond donors (Lipinski definition) is 3. The zero-order valence-electron chi connectivity index (χ0n) is 11.1. The molecule has 0 aliphatic heterocycles. The summed E-state index contributed by atoms with van der Waals surface area (Å²) in [7, 11) is 0. The number of carbonyl (C=O) groups is 1. The fraction of sp³-hybridized carbons (Fsp3) is 0.462. The van der Waals surface area contributed by atoms with Gasteiger partial charge in [0.1, 0.15) is 0 Å². The standard InChI is InChI=1S/C13H19BrN2O2S/c1-9-11(14)4-3-5-12(9)16-13(18)15-10(6-7-17)8-19-2/h3-5,10,17H,6-8H2,1-2H3,(H2,15,16,18). The Balaban J connectivity index is 2.61. The molecule has 0 fully saturated rings. The quantitative estimate of drug-likeness (QED) is 0.741. The van der Waals surface area contributed by atoms with Gasteiger partial charge in [0, 0.05) is 28.6 Å². The van der Waals surface area contributed by atoms with Gasteiger partial charge in [0.25, 0.3) is 0 Å². The van der Waals surface area contributed by atoms with E-state index in [1.54, 1.807) is 11.8 Å². The van der Waals surface area contributed by atoms with E-state index >= 15 is 0 Å². The molecular formula is C13H19BrN2O2S. The molecule has 0 bridgehead atoms. The first-order chi connectivity index (χ1) is 9.08. The zero-order chi connectivity index (χ0) is 14.3. The molecule has 6 heteroatoms. The zero-order valence-corrected chi connectivity index (χ0v) is 13.5. The number of rotatable bonds is 6. The number of nitrogens with one attached hydrogen (secondary N) is 2. The van der Waals surface area contributed by atoms with Gasteiger partial charge in [-0.15, -0.1) is 0 Å². The minimum absolute atomic E-state index is 0.0209. The van der Waals surface area contributed by atoms with Crippen LogP contribution in [0, 0.1) is 6.92 Å². The van der Waals surface area contributed by atoms with Crippen molar-refractivity contribution in [2.75, 3.05) is 23.9 Å². The predicted molar refractivity (Wildman–Crippen MR) is 84.9 cm³/mol. The molecule has 19 heavy (non-hydrogen) atoms. The Labute approximate surface area is 126 Å². The monoisotopic (exact) mass is 346 g/mol. The topological polar surface area (TPSA) is 61.4 Å². The normalized spacial score (nSPS) is 12.0. The van der Waals surface area contributed by atoms with E-state index in [0.29, 0.717) is 6.42 Å². The van der Waals surface area contributed by atoms with Crippen LogP contribution in [0.2, 0.25) is 0 Å². The molecule has 0 radical (unpaired) electrons. The van der Waals surface area contributed by atoms with Crippen LogP contribution in [-0.4, -0.2) is 35.8 Å². The van der Waals surface area contributed by atoms with Crippen LogP contribution < -0.4 is 10.6 Å². The van der Waals surface area contributed by atoms with Gasteiger partial charge >= 0.3 is 6.03 Å². The smallest absolute Gasteiger partial charge is 0.319 e. The van der Waals surface area contributed by atoms with Gasteiger partial charge in [0.05, 0.1) is 0 Å². The van der Waals surface area contributed by atoms with Crippen molar-refractivity contribution < 1.29 is 9.90 Å². The summed E-state index contributed by atoms with van der Waals surface area (Å²) in [6, 6.07) is 5.40. The lowest BCUT2D eigenvalue weighted by Gasteiger charge is -2.18. The van der Waals surface area contributed by atoms with E-state index in [1.165, 1.54) is 0 Å². The van der Waals surface area contributed by atoms with Crippen LogP contribution in [0.4, 0.5) is 10.5 Å². The summed E-state index contributed by atoms with van der Waals surface area (Å²) < 4.78 is 0.960. The summed E-state index contributed by atoms with van der Waals surface area (Å²) in [5, 5.41) is 14.7. The van der Waals surface area contributed by atoms with E-state index in [1.807, 2.05) is 31.4 Å². The van der Waals surface area contributed by atoms with E-state index in [-0.39, 0.29) is 18.7 Å². The SMILES string of the molecule is CSCC(CCO)NC(=O)Nc1cccc(Br)c1C. The fourth-order valence-electron chi connectivity index (χ4n) is 1.64. The molecule has 1 rings (SSSR count). The van der Waals surface area contributed by atoms with Crippen LogP contribution in [0.5, 0.6) is 0 Å². The molecule has 1 aromatic carbocycles. The van der Waals surface area contributed by atoms with Gasteiger partial charge in [-0.25, -0.2) is 4.79 Å². The highest BCUT2D eigenvalue weighted by Gasteiger charge is 2.12. The number of benzene rings is 1. The molecule has 0 saturated heterocycles. The Bertz CT molecular complexity index is 423. The Morgan fingerprint density at radius 2 is 2.26 bits per heavy atom. The highest BCUT2D eigenvalue weighted by molar-refractivity contribution is 9.10. The number of amides is 2. The summed E-state index contributed by atoms with van der Waals surface area (Å²) in [5.41, 5.74) is 1.76. The van der Waals surface area contributed by atoms with Gasteiger partial charge in [-0.3, -0.25) is 0 Å². The largest absolute Gasteiger partial charge is 0.396 e. The van der Waals surface area contributed by atoms with E-state index in [2.05, 4.69) is 26.6 Å². The molecule has 0 aliphatic carbocycles. The maximum atomic E-state index is 11.9. The van der Waals surface area contributed by atoms with Gasteiger partial charge in [-0.1, -0.05) is 22.0 Å². The van der Waals surface area contributed by atoms with Crippen molar-refractivity contribution in [3.05, 3.63) is 28.2 Å². The van der Waals surface area contributed by atoms with Gasteiger partial charge in [-0.2, -0.15) is 11.8 Å². The van der Waals surface area contributed by atoms with E-state index in [4.69, 9.17) is 5.11 Å². The molecule has 2 amide bonds. The molecule has 0 aliphatic rings. The summed E-state index contributed by atoms with van der Waals surface area (Å²) in [4.78, 5) is 11.9. The molecule has 4 nitrogen and oxygen atoms in total. The van der Waals surface area contributed by atoms with E-state index in [9.17, 15) is 4.79 Å². The van der Waals surface area contributed by atoms with Crippen LogP contribution in [0.1, 0.15) is 12.0 Å². The van der Waals surface area contributed by atoms with Gasteiger partial charge in [-0.05, 0) is 37.3 Å². The van der Waals surface area contributed by atoms with Crippen LogP contribution in [0.15, 0.2) is 22.7 Å². The first kappa shape index (κ1) is 16.3. The van der Waals surface area contributed by atoms with Crippen molar-refractivity contribution >= 4 is 39.4 Å². The number of thioether (sulfide) groups is 1. The summed E-state index contributed by atoms with van der Waals surface area (Å²) in [6.45, 7) is 2.01. The number of anilines is 1. The molecule has 0 spiro atoms. The maximum absolute atomic E-state index is 11.9. The second-order valence-corrected chi connectivity index (χ2v) is 5.94. The molecule has 106 valence electrons. The maximum Gasteiger partial charge on any atom is 0.319 e. The summed E-state index contributed by atoms with van der Waals surface area (Å²) in [5.74, 6) is 0.783. The van der Waals surface area contributed by atoms with Crippen LogP contribution in [-0.2, 0) is 0 Å². The van der Waals surface area contributed by atoms with Crippen molar-refractivity contribution in [3.63, 3.8) is 0 Å². The summed E-state index contributed by atoms with van der Waals surface area (Å²) >= 11 is 5.07. The Hall–Kier alpha value is -0.720. The minimum Gasteiger partial charge on any atom is -0.396 e. The van der Waals surface area contributed by atoms with E-state index < -0.39 is 0 Å². The second kappa shape index (κ2) is 8.45. The Kier molecular flexibility index (Phi) is 7.27. The number of aliphatic hydroxyl groups excluding tert-OH is 1. The fourth-order valence-corrected chi connectivity index (χ4v) is 2.66. The van der Waals surface area contributed by atoms with E-state index in [0.717, 1.165) is 21.5 Å². The molecule has 3 N–H and O–H groups in total. The number of aliphatic hydroxyl groups is 1. The molecule has 0 heterocycles. The van der Waals surface area contributed by atoms with Gasteiger partial charge in [0.2, 0.25) is 0 Å². The van der Waals surface area contributed by atoms with Crippen molar-refractivity contribution in [2.45, 2.75) is 19.4 Å². The lowest BCUT2D eigenvalue weighted by Crippen LogP contribution is -2.40. The first-order valence-corrected chi connectivity index (χ1v) is 8.19. The van der Waals surface area contributed by atoms with Crippen molar-refractivity contribution in [3.8, 4) is 0 Å². The Morgan fingerprint density at radius 3 is 2.89 bits per heavy atom. The number of carbonyl (C=O) groups excluding carboxylic acids is 1. The average molecular weight is 347 g/mol. The van der Waals surface area contributed by atoms with Crippen molar-refractivity contribution in [2.24, 2.45) is 0 Å². The first-order valence-electron chi connectivity index (χ1n) is 6.01. The van der Waals surface area contributed by atoms with Gasteiger partial charge < -0.3 is 15.7 Å². The highest BCUT2D eigenvalue weighted by atomic mass is 79.9. The third-order valence-electron chi connectivity index (χ3n) is 2.70. The minimum atomic E-state index is -0.242. The molecule has 1 unspecified atom stereocenters. The number of halogens is 1. The van der Waals surface area contributed by atoms with Gasteiger partial charge in [0.15, 0.2) is 0 Å².